The van der Waals surface area contributed by atoms with Crippen LogP contribution in [0.5, 0.6) is 0 Å². The van der Waals surface area contributed by atoms with Gasteiger partial charge in [-0.15, -0.1) is 0 Å². The number of allylic oxidation sites excluding steroid dienone is 1. The van der Waals surface area contributed by atoms with E-state index in [0.717, 1.165) is 5.92 Å². The predicted octanol–water partition coefficient (Wildman–Crippen LogP) is 6.24. The van der Waals surface area contributed by atoms with E-state index in [0.29, 0.717) is 6.10 Å². The van der Waals surface area contributed by atoms with Crippen molar-refractivity contribution in [3.8, 4) is 0 Å². The Labute approximate surface area is 120 Å². The molecule has 1 unspecified atom stereocenters. The second kappa shape index (κ2) is 11.4. The molecule has 1 saturated carbocycles. The average Bonchev–Trinajstić information content (AvgIpc) is 2.46. The van der Waals surface area contributed by atoms with Gasteiger partial charge in [-0.05, 0) is 44.1 Å². The van der Waals surface area contributed by atoms with Crippen LogP contribution in [0.3, 0.4) is 0 Å². The van der Waals surface area contributed by atoms with Crippen molar-refractivity contribution in [2.75, 3.05) is 0 Å². The highest BCUT2D eigenvalue weighted by Crippen LogP contribution is 2.30. The summed E-state index contributed by atoms with van der Waals surface area (Å²) in [6.45, 7) is 4.53. The Morgan fingerprint density at radius 3 is 2.47 bits per heavy atom. The van der Waals surface area contributed by atoms with Crippen molar-refractivity contribution in [1.29, 1.82) is 0 Å². The topological polar surface area (TPSA) is 9.23 Å². The molecule has 1 aliphatic carbocycles. The maximum absolute atomic E-state index is 6.05. The van der Waals surface area contributed by atoms with Gasteiger partial charge < -0.3 is 4.74 Å². The van der Waals surface area contributed by atoms with Crippen LogP contribution in [-0.2, 0) is 4.74 Å². The van der Waals surface area contributed by atoms with Crippen LogP contribution < -0.4 is 0 Å². The molecular formula is C18H34O. The fourth-order valence-electron chi connectivity index (χ4n) is 3.12. The van der Waals surface area contributed by atoms with Gasteiger partial charge in [0.05, 0.1) is 6.26 Å². The van der Waals surface area contributed by atoms with Gasteiger partial charge in [0.15, 0.2) is 0 Å². The summed E-state index contributed by atoms with van der Waals surface area (Å²) in [5.41, 5.74) is 0. The summed E-state index contributed by atoms with van der Waals surface area (Å²) >= 11 is 0. The number of ether oxygens (including phenoxy) is 1. The van der Waals surface area contributed by atoms with Gasteiger partial charge in [0.25, 0.3) is 0 Å². The first-order valence-corrected chi connectivity index (χ1v) is 8.69. The largest absolute Gasteiger partial charge is 0.498 e. The molecule has 1 heteroatoms. The normalized spacial score (nSPS) is 18.8. The van der Waals surface area contributed by atoms with E-state index in [1.165, 1.54) is 77.0 Å². The van der Waals surface area contributed by atoms with Crippen molar-refractivity contribution >= 4 is 0 Å². The Kier molecular flexibility index (Phi) is 9.93. The van der Waals surface area contributed by atoms with Crippen molar-refractivity contribution in [2.24, 2.45) is 5.92 Å². The molecule has 0 amide bonds. The van der Waals surface area contributed by atoms with Gasteiger partial charge in [0.2, 0.25) is 0 Å². The van der Waals surface area contributed by atoms with E-state index < -0.39 is 0 Å². The highest BCUT2D eigenvalue weighted by Gasteiger charge is 2.23. The average molecular weight is 266 g/mol. The first-order valence-electron chi connectivity index (χ1n) is 8.69. The molecule has 0 saturated heterocycles. The van der Waals surface area contributed by atoms with Crippen LogP contribution in [0.25, 0.3) is 0 Å². The maximum atomic E-state index is 6.05. The Balaban J connectivity index is 2.18. The fourth-order valence-corrected chi connectivity index (χ4v) is 3.12. The summed E-state index contributed by atoms with van der Waals surface area (Å²) in [5, 5.41) is 0. The third kappa shape index (κ3) is 7.64. The van der Waals surface area contributed by atoms with Gasteiger partial charge in [-0.2, -0.15) is 0 Å². The molecule has 1 nitrogen and oxygen atoms in total. The van der Waals surface area contributed by atoms with Crippen molar-refractivity contribution in [3.05, 3.63) is 12.3 Å². The second-order valence-corrected chi connectivity index (χ2v) is 6.08. The minimum absolute atomic E-state index is 0.484. The van der Waals surface area contributed by atoms with Crippen LogP contribution in [0.4, 0.5) is 0 Å². The highest BCUT2D eigenvalue weighted by atomic mass is 16.5. The van der Waals surface area contributed by atoms with Gasteiger partial charge in [-0.1, -0.05) is 58.8 Å². The van der Waals surface area contributed by atoms with E-state index in [2.05, 4.69) is 19.9 Å². The van der Waals surface area contributed by atoms with E-state index >= 15 is 0 Å². The predicted molar refractivity (Wildman–Crippen MR) is 84.3 cm³/mol. The molecular weight excluding hydrogens is 232 g/mol. The number of hydrogen-bond acceptors (Lipinski definition) is 1. The standard InChI is InChI=1S/C18H34O/c1-3-5-6-7-8-12-16-19-18(13-4-2)17-14-10-9-11-15-17/h12,16-18H,3-11,13-15H2,1-2H3. The molecule has 0 bridgehead atoms. The lowest BCUT2D eigenvalue weighted by atomic mass is 9.84. The van der Waals surface area contributed by atoms with Gasteiger partial charge in [-0.25, -0.2) is 0 Å². The van der Waals surface area contributed by atoms with Crippen LogP contribution in [0, 0.1) is 5.92 Å². The molecule has 1 fully saturated rings. The molecule has 0 heterocycles. The zero-order valence-corrected chi connectivity index (χ0v) is 13.2. The minimum atomic E-state index is 0.484. The van der Waals surface area contributed by atoms with Gasteiger partial charge in [0.1, 0.15) is 6.10 Å². The molecule has 19 heavy (non-hydrogen) atoms. The maximum Gasteiger partial charge on any atom is 0.101 e. The summed E-state index contributed by atoms with van der Waals surface area (Å²) < 4.78 is 6.05. The minimum Gasteiger partial charge on any atom is -0.498 e. The Hall–Kier alpha value is -0.460. The van der Waals surface area contributed by atoms with Crippen LogP contribution >= 0.6 is 0 Å². The molecule has 0 radical (unpaired) electrons. The number of hydrogen-bond donors (Lipinski definition) is 0. The molecule has 1 rings (SSSR count). The first kappa shape index (κ1) is 16.6. The molecule has 0 aromatic rings. The Morgan fingerprint density at radius 1 is 1.00 bits per heavy atom. The molecule has 1 aliphatic rings. The van der Waals surface area contributed by atoms with Gasteiger partial charge in [-0.3, -0.25) is 0 Å². The zero-order valence-electron chi connectivity index (χ0n) is 13.2. The van der Waals surface area contributed by atoms with Gasteiger partial charge >= 0.3 is 0 Å². The molecule has 112 valence electrons. The van der Waals surface area contributed by atoms with Crippen LogP contribution in [-0.4, -0.2) is 6.10 Å². The summed E-state index contributed by atoms with van der Waals surface area (Å²) in [6.07, 6.45) is 20.8. The van der Waals surface area contributed by atoms with Crippen molar-refractivity contribution in [2.45, 2.75) is 97.0 Å². The third-order valence-electron chi connectivity index (χ3n) is 4.32. The lowest BCUT2D eigenvalue weighted by molar-refractivity contribution is 0.0585. The summed E-state index contributed by atoms with van der Waals surface area (Å²) in [4.78, 5) is 0. The highest BCUT2D eigenvalue weighted by molar-refractivity contribution is 4.79. The SMILES string of the molecule is CCCCCCC=COC(CCC)C1CCCCC1. The second-order valence-electron chi connectivity index (χ2n) is 6.08. The quantitative estimate of drug-likeness (QED) is 0.336. The molecule has 1 atom stereocenters. The van der Waals surface area contributed by atoms with E-state index in [-0.39, 0.29) is 0 Å². The van der Waals surface area contributed by atoms with Crippen molar-refractivity contribution in [3.63, 3.8) is 0 Å². The summed E-state index contributed by atoms with van der Waals surface area (Å²) in [5.74, 6) is 0.818. The molecule has 0 aliphatic heterocycles. The van der Waals surface area contributed by atoms with E-state index in [1.54, 1.807) is 0 Å². The fraction of sp³-hybridized carbons (Fsp3) is 0.889. The number of rotatable bonds is 10. The molecule has 0 aromatic carbocycles. The Morgan fingerprint density at radius 2 is 1.79 bits per heavy atom. The molecule has 0 spiro atoms. The number of unbranched alkanes of at least 4 members (excludes halogenated alkanes) is 4. The van der Waals surface area contributed by atoms with Crippen molar-refractivity contribution < 1.29 is 4.74 Å². The molecule has 0 N–H and O–H groups in total. The lowest BCUT2D eigenvalue weighted by Gasteiger charge is -2.29. The zero-order chi connectivity index (χ0) is 13.8. The van der Waals surface area contributed by atoms with Gasteiger partial charge in [0, 0.05) is 0 Å². The van der Waals surface area contributed by atoms with Crippen molar-refractivity contribution in [1.82, 2.24) is 0 Å². The van der Waals surface area contributed by atoms with E-state index in [4.69, 9.17) is 4.74 Å². The smallest absolute Gasteiger partial charge is 0.101 e. The van der Waals surface area contributed by atoms with Crippen LogP contribution in [0.15, 0.2) is 12.3 Å². The summed E-state index contributed by atoms with van der Waals surface area (Å²) in [7, 11) is 0. The van der Waals surface area contributed by atoms with E-state index in [9.17, 15) is 0 Å². The lowest BCUT2D eigenvalue weighted by Crippen LogP contribution is -2.24. The molecule has 0 aromatic heterocycles. The summed E-state index contributed by atoms with van der Waals surface area (Å²) in [6, 6.07) is 0. The first-order chi connectivity index (χ1) is 9.38. The monoisotopic (exact) mass is 266 g/mol. The van der Waals surface area contributed by atoms with Crippen LogP contribution in [0.2, 0.25) is 0 Å². The third-order valence-corrected chi connectivity index (χ3v) is 4.32. The van der Waals surface area contributed by atoms with E-state index in [1.807, 2.05) is 6.26 Å². The van der Waals surface area contributed by atoms with Crippen LogP contribution in [0.1, 0.15) is 90.9 Å². The Bertz CT molecular complexity index is 216.